The summed E-state index contributed by atoms with van der Waals surface area (Å²) >= 11 is 0. The number of nitrogens with one attached hydrogen (secondary N) is 2. The molecule has 0 aliphatic heterocycles. The van der Waals surface area contributed by atoms with Gasteiger partial charge in [0.15, 0.2) is 5.96 Å². The van der Waals surface area contributed by atoms with E-state index in [1.807, 2.05) is 6.92 Å². The first-order valence-corrected chi connectivity index (χ1v) is 9.41. The van der Waals surface area contributed by atoms with Crippen LogP contribution in [0.2, 0.25) is 0 Å². The van der Waals surface area contributed by atoms with Crippen molar-refractivity contribution < 1.29 is 8.42 Å². The smallest absolute Gasteiger partial charge is 0.191 e. The maximum Gasteiger partial charge on any atom is 0.191 e. The Hall–Kier alpha value is -0.780. The summed E-state index contributed by atoms with van der Waals surface area (Å²) in [4.78, 5) is 4.60. The van der Waals surface area contributed by atoms with Gasteiger partial charge < -0.3 is 10.6 Å². The molecule has 0 amide bonds. The molecule has 1 rings (SSSR count). The first-order chi connectivity index (χ1) is 9.13. The summed E-state index contributed by atoms with van der Waals surface area (Å²) in [5.41, 5.74) is -0.111. The Labute approximate surface area is 123 Å². The lowest BCUT2D eigenvalue weighted by Gasteiger charge is -2.22. The minimum atomic E-state index is -2.90. The number of sulfone groups is 1. The van der Waals surface area contributed by atoms with Gasteiger partial charge in [-0.15, -0.1) is 0 Å². The van der Waals surface area contributed by atoms with Crippen LogP contribution in [0.5, 0.6) is 0 Å². The van der Waals surface area contributed by atoms with Crippen molar-refractivity contribution in [2.75, 3.05) is 25.1 Å². The molecule has 0 aromatic heterocycles. The highest BCUT2D eigenvalue weighted by Crippen LogP contribution is 2.29. The second-order valence-electron chi connectivity index (χ2n) is 6.70. The summed E-state index contributed by atoms with van der Waals surface area (Å²) in [6, 6.07) is 0.534. The number of nitrogens with zero attached hydrogens (tertiary/aromatic N) is 1. The van der Waals surface area contributed by atoms with Crippen LogP contribution in [0, 0.1) is 11.3 Å². The minimum Gasteiger partial charge on any atom is -0.357 e. The number of rotatable bonds is 7. The van der Waals surface area contributed by atoms with E-state index in [1.165, 1.54) is 12.7 Å². The third-order valence-corrected chi connectivity index (χ3v) is 4.54. The molecule has 0 saturated heterocycles. The van der Waals surface area contributed by atoms with Crippen molar-refractivity contribution in [3.8, 4) is 0 Å². The van der Waals surface area contributed by atoms with Gasteiger partial charge in [0, 0.05) is 25.4 Å². The molecule has 1 fully saturated rings. The van der Waals surface area contributed by atoms with Gasteiger partial charge in [0.2, 0.25) is 0 Å². The number of hydrogen-bond acceptors (Lipinski definition) is 3. The lowest BCUT2D eigenvalue weighted by atomic mass is 9.90. The van der Waals surface area contributed by atoms with Crippen LogP contribution in [0.3, 0.4) is 0 Å². The third kappa shape index (κ3) is 7.12. The molecule has 0 radical (unpaired) electrons. The molecule has 1 aliphatic carbocycles. The largest absolute Gasteiger partial charge is 0.357 e. The highest BCUT2D eigenvalue weighted by Gasteiger charge is 2.33. The maximum atomic E-state index is 11.2. The first-order valence-electron chi connectivity index (χ1n) is 7.35. The Kier molecular flexibility index (Phi) is 5.86. The highest BCUT2D eigenvalue weighted by molar-refractivity contribution is 7.90. The fourth-order valence-corrected chi connectivity index (χ4v) is 2.78. The van der Waals surface area contributed by atoms with Crippen LogP contribution in [0.4, 0.5) is 0 Å². The molecule has 2 atom stereocenters. The summed E-state index contributed by atoms with van der Waals surface area (Å²) in [5, 5.41) is 6.65. The third-order valence-electron chi connectivity index (χ3n) is 3.59. The van der Waals surface area contributed by atoms with Crippen LogP contribution in [0.15, 0.2) is 4.99 Å². The minimum absolute atomic E-state index is 0.111. The van der Waals surface area contributed by atoms with Gasteiger partial charge in [0.05, 0.1) is 5.75 Å². The molecule has 0 heterocycles. The van der Waals surface area contributed by atoms with Gasteiger partial charge in [-0.1, -0.05) is 20.8 Å². The summed E-state index contributed by atoms with van der Waals surface area (Å²) in [7, 11) is -2.90. The predicted octanol–water partition coefficient (Wildman–Crippen LogP) is 1.41. The fraction of sp³-hybridized carbons (Fsp3) is 0.929. The van der Waals surface area contributed by atoms with Gasteiger partial charge in [-0.25, -0.2) is 8.42 Å². The Morgan fingerprint density at radius 3 is 2.45 bits per heavy atom. The average Bonchev–Trinajstić information content (AvgIpc) is 2.99. The predicted molar refractivity (Wildman–Crippen MR) is 84.8 cm³/mol. The van der Waals surface area contributed by atoms with Gasteiger partial charge in [-0.05, 0) is 31.1 Å². The zero-order chi connectivity index (χ0) is 15.4. The molecule has 0 aromatic carbocycles. The molecule has 2 N–H and O–H groups in total. The second-order valence-corrected chi connectivity index (χ2v) is 8.96. The Bertz CT molecular complexity index is 443. The molecule has 6 heteroatoms. The van der Waals surface area contributed by atoms with E-state index in [0.717, 1.165) is 18.4 Å². The standard InChI is InChI=1S/C14H29N3O2S/c1-6-15-13(17-12-9-11(12)2)16-10-14(3,4)7-8-20(5,18)19/h11-12H,6-10H2,1-5H3,(H2,15,16,17). The molecule has 20 heavy (non-hydrogen) atoms. The van der Waals surface area contributed by atoms with Crippen molar-refractivity contribution in [1.82, 2.24) is 10.6 Å². The molecule has 0 spiro atoms. The van der Waals surface area contributed by atoms with Crippen LogP contribution in [0.1, 0.15) is 40.5 Å². The molecule has 1 saturated carbocycles. The van der Waals surface area contributed by atoms with Crippen molar-refractivity contribution in [1.29, 1.82) is 0 Å². The fourth-order valence-electron chi connectivity index (χ4n) is 1.85. The SMILES string of the molecule is CCNC(=NCC(C)(C)CCS(C)(=O)=O)NC1CC1C. The van der Waals surface area contributed by atoms with Crippen molar-refractivity contribution in [2.45, 2.75) is 46.6 Å². The molecular formula is C14H29N3O2S. The zero-order valence-electron chi connectivity index (χ0n) is 13.4. The average molecular weight is 303 g/mol. The summed E-state index contributed by atoms with van der Waals surface area (Å²) in [6.07, 6.45) is 3.11. The highest BCUT2D eigenvalue weighted by atomic mass is 32.2. The summed E-state index contributed by atoms with van der Waals surface area (Å²) < 4.78 is 22.5. The lowest BCUT2D eigenvalue weighted by molar-refractivity contribution is 0.365. The quantitative estimate of drug-likeness (QED) is 0.551. The molecule has 0 bridgehead atoms. The Balaban J connectivity index is 2.51. The summed E-state index contributed by atoms with van der Waals surface area (Å²) in [5.74, 6) is 1.78. The van der Waals surface area contributed by atoms with Crippen LogP contribution in [0.25, 0.3) is 0 Å². The van der Waals surface area contributed by atoms with Crippen LogP contribution in [-0.4, -0.2) is 45.5 Å². The number of hydrogen-bond donors (Lipinski definition) is 2. The normalized spacial score (nSPS) is 23.6. The second kappa shape index (κ2) is 6.78. The van der Waals surface area contributed by atoms with Crippen LogP contribution in [-0.2, 0) is 9.84 Å². The molecule has 1 aliphatic rings. The number of guanidine groups is 1. The molecular weight excluding hydrogens is 274 g/mol. The van der Waals surface area contributed by atoms with Gasteiger partial charge in [-0.2, -0.15) is 0 Å². The Morgan fingerprint density at radius 1 is 1.40 bits per heavy atom. The van der Waals surface area contributed by atoms with Crippen molar-refractivity contribution >= 4 is 15.8 Å². The van der Waals surface area contributed by atoms with E-state index in [2.05, 4.69) is 36.4 Å². The molecule has 2 unspecified atom stereocenters. The van der Waals surface area contributed by atoms with E-state index < -0.39 is 9.84 Å². The van der Waals surface area contributed by atoms with Crippen LogP contribution < -0.4 is 10.6 Å². The van der Waals surface area contributed by atoms with E-state index in [9.17, 15) is 8.42 Å². The van der Waals surface area contributed by atoms with Crippen molar-refractivity contribution in [3.05, 3.63) is 0 Å². The lowest BCUT2D eigenvalue weighted by Crippen LogP contribution is -2.39. The topological polar surface area (TPSA) is 70.6 Å². The number of aliphatic imine (C=N–C) groups is 1. The van der Waals surface area contributed by atoms with Gasteiger partial charge in [0.1, 0.15) is 9.84 Å². The van der Waals surface area contributed by atoms with Gasteiger partial charge in [0.25, 0.3) is 0 Å². The van der Waals surface area contributed by atoms with Crippen molar-refractivity contribution in [3.63, 3.8) is 0 Å². The summed E-state index contributed by atoms with van der Waals surface area (Å²) in [6.45, 7) is 9.84. The van der Waals surface area contributed by atoms with Crippen molar-refractivity contribution in [2.24, 2.45) is 16.3 Å². The van der Waals surface area contributed by atoms with Gasteiger partial charge in [-0.3, -0.25) is 4.99 Å². The zero-order valence-corrected chi connectivity index (χ0v) is 14.2. The van der Waals surface area contributed by atoms with E-state index in [0.29, 0.717) is 19.0 Å². The van der Waals surface area contributed by atoms with E-state index in [4.69, 9.17) is 0 Å². The monoisotopic (exact) mass is 303 g/mol. The Morgan fingerprint density at radius 2 is 2.00 bits per heavy atom. The van der Waals surface area contributed by atoms with E-state index in [1.54, 1.807) is 0 Å². The first kappa shape index (κ1) is 17.3. The maximum absolute atomic E-state index is 11.2. The van der Waals surface area contributed by atoms with Crippen LogP contribution >= 0.6 is 0 Å². The molecule has 5 nitrogen and oxygen atoms in total. The van der Waals surface area contributed by atoms with E-state index >= 15 is 0 Å². The van der Waals surface area contributed by atoms with E-state index in [-0.39, 0.29) is 11.2 Å². The van der Waals surface area contributed by atoms with Gasteiger partial charge >= 0.3 is 0 Å². The molecule has 118 valence electrons. The molecule has 0 aromatic rings.